The van der Waals surface area contributed by atoms with Gasteiger partial charge in [0.15, 0.2) is 0 Å². The molecule has 4 fully saturated rings. The normalized spacial score (nSPS) is 49.7. The Hall–Kier alpha value is -0.210. The zero-order valence-corrected chi connectivity index (χ0v) is 21.1. The van der Waals surface area contributed by atoms with Crippen molar-refractivity contribution in [3.8, 4) is 0 Å². The highest BCUT2D eigenvalue weighted by Gasteiger charge is 2.64. The van der Waals surface area contributed by atoms with Gasteiger partial charge in [-0.05, 0) is 104 Å². The first-order valence-electron chi connectivity index (χ1n) is 12.9. The van der Waals surface area contributed by atoms with Gasteiger partial charge in [0.1, 0.15) is 0 Å². The number of fused-ring (bicyclic) bond motifs is 5. The summed E-state index contributed by atoms with van der Waals surface area (Å²) in [6.07, 6.45) is 8.38. The van der Waals surface area contributed by atoms with Gasteiger partial charge in [-0.3, -0.25) is 4.55 Å². The third kappa shape index (κ3) is 4.08. The summed E-state index contributed by atoms with van der Waals surface area (Å²) < 4.78 is 35.4. The second-order valence-corrected chi connectivity index (χ2v) is 13.2. The van der Waals surface area contributed by atoms with Crippen molar-refractivity contribution in [3.63, 3.8) is 0 Å². The van der Waals surface area contributed by atoms with Crippen molar-refractivity contribution >= 4 is 10.4 Å². The molecule has 0 bridgehead atoms. The van der Waals surface area contributed by atoms with E-state index in [1.54, 1.807) is 0 Å². The van der Waals surface area contributed by atoms with Crippen molar-refractivity contribution in [1.82, 2.24) is 0 Å². The average molecular weight is 473 g/mol. The van der Waals surface area contributed by atoms with Crippen molar-refractivity contribution in [3.05, 3.63) is 0 Å². The van der Waals surface area contributed by atoms with E-state index in [9.17, 15) is 18.6 Å². The molecule has 4 rings (SSSR count). The van der Waals surface area contributed by atoms with E-state index in [1.807, 2.05) is 0 Å². The van der Waals surface area contributed by atoms with Crippen LogP contribution >= 0.6 is 0 Å². The minimum absolute atomic E-state index is 0.0198. The van der Waals surface area contributed by atoms with Crippen LogP contribution in [0.25, 0.3) is 0 Å². The lowest BCUT2D eigenvalue weighted by molar-refractivity contribution is -0.203. The van der Waals surface area contributed by atoms with Crippen molar-refractivity contribution in [2.75, 3.05) is 6.61 Å². The van der Waals surface area contributed by atoms with E-state index in [2.05, 4.69) is 31.9 Å². The summed E-state index contributed by atoms with van der Waals surface area (Å²) in [5.41, 5.74) is 0.355. The lowest BCUT2D eigenvalue weighted by Gasteiger charge is -2.64. The van der Waals surface area contributed by atoms with Crippen LogP contribution in [-0.4, -0.2) is 42.0 Å². The predicted molar refractivity (Wildman–Crippen MR) is 123 cm³/mol. The van der Waals surface area contributed by atoms with Crippen LogP contribution in [0.2, 0.25) is 0 Å². The smallest absolute Gasteiger partial charge is 0.393 e. The molecule has 4 aliphatic carbocycles. The van der Waals surface area contributed by atoms with Gasteiger partial charge in [-0.15, -0.1) is 0 Å². The van der Waals surface area contributed by atoms with Gasteiger partial charge in [0.25, 0.3) is 0 Å². The molecule has 0 aromatic heterocycles. The fraction of sp³-hybridized carbons (Fsp3) is 1.00. The SMILES string of the molecule is CC[C@H]1[C@@H](O)C2C3CC[C@H](C(C)CCOS(=O)(=O)O)[C@@]3(C)CCC2[C@@]2(C)CC[C@@H](O)C[C@@H]12. The third-order valence-electron chi connectivity index (χ3n) is 11.0. The molecule has 0 aliphatic heterocycles. The molecule has 4 unspecified atom stereocenters. The van der Waals surface area contributed by atoms with E-state index in [0.29, 0.717) is 41.9 Å². The van der Waals surface area contributed by atoms with E-state index in [4.69, 9.17) is 4.55 Å². The standard InChI is InChI=1S/C25H44O6S/c1-5-17-21-14-16(26)8-11-25(21,4)20-9-12-24(3)18(6-7-19(24)22(20)23(17)27)15(2)10-13-31-32(28,29)30/h15-23,26-27H,5-14H2,1-4H3,(H,28,29,30)/t15?,16-,17-,18-,19?,20?,21+,22?,23-,24-,25-/m1/s1. The van der Waals surface area contributed by atoms with Crippen molar-refractivity contribution in [2.24, 2.45) is 52.3 Å². The highest BCUT2D eigenvalue weighted by Crippen LogP contribution is 2.69. The van der Waals surface area contributed by atoms with Crippen LogP contribution < -0.4 is 0 Å². The fourth-order valence-corrected chi connectivity index (χ4v) is 9.78. The maximum atomic E-state index is 11.7. The topological polar surface area (TPSA) is 104 Å². The molecule has 0 heterocycles. The van der Waals surface area contributed by atoms with Crippen LogP contribution in [0.4, 0.5) is 0 Å². The summed E-state index contributed by atoms with van der Waals surface area (Å²) in [7, 11) is -4.39. The van der Waals surface area contributed by atoms with Crippen LogP contribution in [0.3, 0.4) is 0 Å². The summed E-state index contributed by atoms with van der Waals surface area (Å²) in [4.78, 5) is 0. The molecule has 4 aliphatic rings. The first-order chi connectivity index (χ1) is 14.9. The Bertz CT molecular complexity index is 785. The molecule has 0 amide bonds. The molecule has 11 atom stereocenters. The van der Waals surface area contributed by atoms with Gasteiger partial charge in [0.05, 0.1) is 18.8 Å². The molecule has 186 valence electrons. The van der Waals surface area contributed by atoms with Gasteiger partial charge < -0.3 is 10.2 Å². The van der Waals surface area contributed by atoms with Crippen LogP contribution in [0, 0.1) is 52.3 Å². The molecule has 0 spiro atoms. The van der Waals surface area contributed by atoms with Gasteiger partial charge in [-0.25, -0.2) is 4.18 Å². The summed E-state index contributed by atoms with van der Waals surface area (Å²) in [6.45, 7) is 9.28. The number of hydrogen-bond donors (Lipinski definition) is 3. The van der Waals surface area contributed by atoms with E-state index in [1.165, 1.54) is 0 Å². The van der Waals surface area contributed by atoms with Crippen LogP contribution in [0.15, 0.2) is 0 Å². The first kappa shape index (κ1) is 24.9. The molecule has 0 aromatic rings. The molecule has 0 saturated heterocycles. The van der Waals surface area contributed by atoms with Gasteiger partial charge >= 0.3 is 10.4 Å². The van der Waals surface area contributed by atoms with E-state index < -0.39 is 10.4 Å². The van der Waals surface area contributed by atoms with E-state index in [0.717, 1.165) is 51.4 Å². The molecule has 6 nitrogen and oxygen atoms in total. The van der Waals surface area contributed by atoms with E-state index in [-0.39, 0.29) is 35.6 Å². The first-order valence-corrected chi connectivity index (χ1v) is 14.3. The van der Waals surface area contributed by atoms with Crippen LogP contribution in [-0.2, 0) is 14.6 Å². The van der Waals surface area contributed by atoms with Crippen LogP contribution in [0.1, 0.15) is 85.5 Å². The van der Waals surface area contributed by atoms with Crippen molar-refractivity contribution in [1.29, 1.82) is 0 Å². The molecular weight excluding hydrogens is 428 g/mol. The lowest BCUT2D eigenvalue weighted by Crippen LogP contribution is -2.62. The lowest BCUT2D eigenvalue weighted by atomic mass is 9.41. The van der Waals surface area contributed by atoms with Crippen molar-refractivity contribution < 1.29 is 27.4 Å². The van der Waals surface area contributed by atoms with Gasteiger partial charge in [-0.2, -0.15) is 8.42 Å². The minimum atomic E-state index is -4.39. The second kappa shape index (κ2) is 8.78. The monoisotopic (exact) mass is 472 g/mol. The Balaban J connectivity index is 1.56. The molecule has 7 heteroatoms. The van der Waals surface area contributed by atoms with Crippen molar-refractivity contribution in [2.45, 2.75) is 97.7 Å². The number of aliphatic hydroxyl groups is 2. The maximum Gasteiger partial charge on any atom is 0.397 e. The Morgan fingerprint density at radius 2 is 1.66 bits per heavy atom. The summed E-state index contributed by atoms with van der Waals surface area (Å²) >= 11 is 0. The summed E-state index contributed by atoms with van der Waals surface area (Å²) in [6, 6.07) is 0. The Kier molecular flexibility index (Phi) is 6.83. The largest absolute Gasteiger partial charge is 0.397 e. The minimum Gasteiger partial charge on any atom is -0.393 e. The molecule has 0 radical (unpaired) electrons. The zero-order chi connectivity index (χ0) is 23.5. The quantitative estimate of drug-likeness (QED) is 0.493. The third-order valence-corrected chi connectivity index (χ3v) is 11.4. The average Bonchev–Trinajstić information content (AvgIpc) is 3.06. The van der Waals surface area contributed by atoms with E-state index >= 15 is 0 Å². The summed E-state index contributed by atoms with van der Waals surface area (Å²) in [5, 5.41) is 22.1. The highest BCUT2D eigenvalue weighted by molar-refractivity contribution is 7.80. The highest BCUT2D eigenvalue weighted by atomic mass is 32.3. The van der Waals surface area contributed by atoms with Gasteiger partial charge in [-0.1, -0.05) is 34.1 Å². The Labute approximate surface area is 194 Å². The molecule has 0 aromatic carbocycles. The predicted octanol–water partition coefficient (Wildman–Crippen LogP) is 4.46. The molecular formula is C25H44O6S. The van der Waals surface area contributed by atoms with Gasteiger partial charge in [0, 0.05) is 0 Å². The van der Waals surface area contributed by atoms with Crippen LogP contribution in [0.5, 0.6) is 0 Å². The number of aliphatic hydroxyl groups excluding tert-OH is 2. The fourth-order valence-electron chi connectivity index (χ4n) is 9.47. The maximum absolute atomic E-state index is 11.7. The zero-order valence-electron chi connectivity index (χ0n) is 20.2. The Morgan fingerprint density at radius 1 is 1.00 bits per heavy atom. The summed E-state index contributed by atoms with van der Waals surface area (Å²) in [5.74, 6) is 2.78. The Morgan fingerprint density at radius 3 is 2.31 bits per heavy atom. The second-order valence-electron chi connectivity index (χ2n) is 12.1. The number of hydrogen-bond acceptors (Lipinski definition) is 5. The molecule has 3 N–H and O–H groups in total. The molecule has 32 heavy (non-hydrogen) atoms. The molecule has 4 saturated carbocycles. The number of rotatable bonds is 6. The van der Waals surface area contributed by atoms with Gasteiger partial charge in [0.2, 0.25) is 0 Å².